The van der Waals surface area contributed by atoms with Crippen molar-refractivity contribution in [3.8, 4) is 5.75 Å². The number of aliphatic hydroxyl groups excluding tert-OH is 1. The second-order valence-electron chi connectivity index (χ2n) is 11.7. The van der Waals surface area contributed by atoms with Crippen LogP contribution in [0.5, 0.6) is 5.75 Å². The highest BCUT2D eigenvalue weighted by molar-refractivity contribution is 6.30. The maximum Gasteiger partial charge on any atom is 0.335 e. The number of halogens is 1. The minimum absolute atomic E-state index is 0.0780. The number of carboxylic acids is 1. The average Bonchev–Trinajstić information content (AvgIpc) is 2.98. The number of carbonyl (C=O) groups is 1. The van der Waals surface area contributed by atoms with Crippen molar-refractivity contribution in [3.63, 3.8) is 0 Å². The van der Waals surface area contributed by atoms with Gasteiger partial charge in [-0.05, 0) is 105 Å². The Labute approximate surface area is 223 Å². The number of anilines is 1. The molecule has 0 bridgehead atoms. The minimum atomic E-state index is -0.931. The van der Waals surface area contributed by atoms with Crippen molar-refractivity contribution in [1.82, 2.24) is 0 Å². The normalized spacial score (nSPS) is 33.1. The summed E-state index contributed by atoms with van der Waals surface area (Å²) in [5.74, 6) is 0.643. The molecule has 2 aliphatic heterocycles. The molecule has 6 atom stereocenters. The Hall–Kier alpha value is -2.28. The van der Waals surface area contributed by atoms with E-state index in [1.807, 2.05) is 12.1 Å². The van der Waals surface area contributed by atoms with Crippen molar-refractivity contribution >= 4 is 23.3 Å². The van der Waals surface area contributed by atoms with Gasteiger partial charge in [0, 0.05) is 23.5 Å². The highest BCUT2D eigenvalue weighted by atomic mass is 35.5. The summed E-state index contributed by atoms with van der Waals surface area (Å²) >= 11 is 6.36. The average molecular weight is 526 g/mol. The zero-order valence-corrected chi connectivity index (χ0v) is 22.1. The zero-order chi connectivity index (χ0) is 25.7. The molecule has 0 amide bonds. The monoisotopic (exact) mass is 525 g/mol. The Kier molecular flexibility index (Phi) is 6.62. The summed E-state index contributed by atoms with van der Waals surface area (Å²) in [6.45, 7) is 4.20. The Morgan fingerprint density at radius 1 is 1.19 bits per heavy atom. The molecule has 1 saturated heterocycles. The van der Waals surface area contributed by atoms with Crippen LogP contribution in [0.25, 0.3) is 0 Å². The third-order valence-electron chi connectivity index (χ3n) is 9.21. The van der Waals surface area contributed by atoms with Gasteiger partial charge in [-0.3, -0.25) is 0 Å². The Bertz CT molecular complexity index is 1180. The van der Waals surface area contributed by atoms with E-state index < -0.39 is 5.97 Å². The van der Waals surface area contributed by atoms with Gasteiger partial charge in [0.15, 0.2) is 0 Å². The van der Waals surface area contributed by atoms with Crippen LogP contribution >= 0.6 is 11.6 Å². The number of rotatable bonds is 4. The SMILES string of the molecule is C[C@H]1CC(O)C[C@@H]([C@@H]2CC[C@H]2CN2CC3(CCCc4cc(Cl)ccc43)COc3ccc(C(=O)O)cc32)O1. The van der Waals surface area contributed by atoms with Crippen LogP contribution in [0.1, 0.15) is 66.9 Å². The lowest BCUT2D eigenvalue weighted by Gasteiger charge is -2.48. The van der Waals surface area contributed by atoms with Crippen LogP contribution in [-0.4, -0.2) is 54.2 Å². The van der Waals surface area contributed by atoms with Crippen LogP contribution in [0, 0.1) is 11.8 Å². The summed E-state index contributed by atoms with van der Waals surface area (Å²) in [4.78, 5) is 14.3. The molecule has 6 rings (SSSR count). The maximum absolute atomic E-state index is 11.9. The number of fused-ring (bicyclic) bond motifs is 3. The van der Waals surface area contributed by atoms with Crippen molar-refractivity contribution in [2.24, 2.45) is 11.8 Å². The fourth-order valence-electron chi connectivity index (χ4n) is 7.27. The molecule has 1 spiro atoms. The van der Waals surface area contributed by atoms with Crippen LogP contribution in [-0.2, 0) is 16.6 Å². The highest BCUT2D eigenvalue weighted by Crippen LogP contribution is 2.47. The molecule has 2 aromatic rings. The van der Waals surface area contributed by atoms with Crippen molar-refractivity contribution in [2.45, 2.75) is 75.6 Å². The van der Waals surface area contributed by atoms with E-state index in [1.54, 1.807) is 12.1 Å². The topological polar surface area (TPSA) is 79.2 Å². The number of carboxylic acid groups (broad SMARTS) is 1. The number of benzene rings is 2. The van der Waals surface area contributed by atoms with E-state index >= 15 is 0 Å². The molecule has 2 aromatic carbocycles. The van der Waals surface area contributed by atoms with Gasteiger partial charge in [0.1, 0.15) is 5.75 Å². The molecule has 2 unspecified atom stereocenters. The van der Waals surface area contributed by atoms with Crippen LogP contribution in [0.3, 0.4) is 0 Å². The molecule has 1 saturated carbocycles. The van der Waals surface area contributed by atoms with Crippen LogP contribution < -0.4 is 9.64 Å². The summed E-state index contributed by atoms with van der Waals surface area (Å²) in [7, 11) is 0. The standard InChI is InChI=1S/C30H36ClNO5/c1-18-11-23(33)14-28(37-18)24-7-4-21(24)15-32-16-30(10-2-3-19-12-22(31)6-8-25(19)30)17-36-27-9-5-20(29(34)35)13-26(27)32/h5-6,8-9,12-13,18,21,23-24,28,33H,2-4,7,10-11,14-17H2,1H3,(H,34,35)/t18-,21-,23?,24+,28-,30?/m0/s1. The van der Waals surface area contributed by atoms with Gasteiger partial charge in [-0.2, -0.15) is 0 Å². The molecule has 2 heterocycles. The van der Waals surface area contributed by atoms with Gasteiger partial charge in [-0.25, -0.2) is 4.79 Å². The molecule has 0 aromatic heterocycles. The first kappa shape index (κ1) is 25.0. The molecular formula is C30H36ClNO5. The van der Waals surface area contributed by atoms with E-state index in [9.17, 15) is 15.0 Å². The second kappa shape index (κ2) is 9.79. The number of aryl methyl sites for hydroxylation is 1. The van der Waals surface area contributed by atoms with Crippen molar-refractivity contribution in [3.05, 3.63) is 58.1 Å². The van der Waals surface area contributed by atoms with E-state index in [0.717, 1.165) is 61.7 Å². The van der Waals surface area contributed by atoms with Crippen molar-refractivity contribution in [1.29, 1.82) is 0 Å². The predicted octanol–water partition coefficient (Wildman–Crippen LogP) is 5.47. The fraction of sp³-hybridized carbons (Fsp3) is 0.567. The molecule has 0 radical (unpaired) electrons. The van der Waals surface area contributed by atoms with Gasteiger partial charge in [0.05, 0.1) is 36.2 Å². The van der Waals surface area contributed by atoms with Gasteiger partial charge < -0.3 is 24.6 Å². The summed E-state index contributed by atoms with van der Waals surface area (Å²) < 4.78 is 12.8. The van der Waals surface area contributed by atoms with Gasteiger partial charge in [0.25, 0.3) is 0 Å². The zero-order valence-electron chi connectivity index (χ0n) is 21.4. The van der Waals surface area contributed by atoms with Gasteiger partial charge in [-0.1, -0.05) is 17.7 Å². The lowest BCUT2D eigenvalue weighted by molar-refractivity contribution is -0.135. The number of ether oxygens (including phenoxy) is 2. The summed E-state index contributed by atoms with van der Waals surface area (Å²) in [6, 6.07) is 11.5. The van der Waals surface area contributed by atoms with Gasteiger partial charge in [-0.15, -0.1) is 0 Å². The molecular weight excluding hydrogens is 490 g/mol. The second-order valence-corrected chi connectivity index (χ2v) is 12.1. The Morgan fingerprint density at radius 2 is 2.05 bits per heavy atom. The Balaban J connectivity index is 1.34. The van der Waals surface area contributed by atoms with Gasteiger partial charge >= 0.3 is 5.97 Å². The number of nitrogens with zero attached hydrogens (tertiary/aromatic N) is 1. The molecule has 6 nitrogen and oxygen atoms in total. The molecule has 37 heavy (non-hydrogen) atoms. The smallest absolute Gasteiger partial charge is 0.335 e. The molecule has 4 aliphatic rings. The minimum Gasteiger partial charge on any atom is -0.490 e. The van der Waals surface area contributed by atoms with Crippen LogP contribution in [0.4, 0.5) is 5.69 Å². The van der Waals surface area contributed by atoms with Gasteiger partial charge in [0.2, 0.25) is 0 Å². The number of hydrogen-bond donors (Lipinski definition) is 2. The number of hydrogen-bond acceptors (Lipinski definition) is 5. The first-order valence-electron chi connectivity index (χ1n) is 13.7. The first-order chi connectivity index (χ1) is 17.8. The van der Waals surface area contributed by atoms with E-state index in [2.05, 4.69) is 24.0 Å². The maximum atomic E-state index is 11.9. The number of aromatic carboxylic acids is 1. The predicted molar refractivity (Wildman–Crippen MR) is 143 cm³/mol. The lowest BCUT2D eigenvalue weighted by Crippen LogP contribution is -2.51. The van der Waals surface area contributed by atoms with Crippen LogP contribution in [0.2, 0.25) is 5.02 Å². The summed E-state index contributed by atoms with van der Waals surface area (Å²) in [6.07, 6.45) is 6.58. The fourth-order valence-corrected chi connectivity index (χ4v) is 7.47. The molecule has 2 fully saturated rings. The largest absolute Gasteiger partial charge is 0.490 e. The lowest BCUT2D eigenvalue weighted by atomic mass is 9.67. The Morgan fingerprint density at radius 3 is 2.81 bits per heavy atom. The number of aliphatic hydroxyl groups is 1. The summed E-state index contributed by atoms with van der Waals surface area (Å²) in [5, 5.41) is 20.9. The quantitative estimate of drug-likeness (QED) is 0.551. The highest BCUT2D eigenvalue weighted by Gasteiger charge is 2.45. The molecule has 198 valence electrons. The third-order valence-corrected chi connectivity index (χ3v) is 9.44. The molecule has 2 N–H and O–H groups in total. The van der Waals surface area contributed by atoms with E-state index in [4.69, 9.17) is 21.1 Å². The van der Waals surface area contributed by atoms with Crippen LogP contribution in [0.15, 0.2) is 36.4 Å². The summed E-state index contributed by atoms with van der Waals surface area (Å²) in [5.41, 5.74) is 3.54. The van der Waals surface area contributed by atoms with E-state index in [0.29, 0.717) is 31.3 Å². The van der Waals surface area contributed by atoms with Crippen molar-refractivity contribution < 1.29 is 24.5 Å². The first-order valence-corrected chi connectivity index (χ1v) is 14.1. The third kappa shape index (κ3) is 4.73. The molecule has 2 aliphatic carbocycles. The van der Waals surface area contributed by atoms with Crippen molar-refractivity contribution in [2.75, 3.05) is 24.6 Å². The molecule has 7 heteroatoms. The van der Waals surface area contributed by atoms with E-state index in [-0.39, 0.29) is 29.3 Å². The van der Waals surface area contributed by atoms with E-state index in [1.165, 1.54) is 11.1 Å².